The lowest BCUT2D eigenvalue weighted by atomic mass is 10.2. The lowest BCUT2D eigenvalue weighted by molar-refractivity contribution is 0.112. The van der Waals surface area contributed by atoms with Crippen molar-refractivity contribution < 1.29 is 4.79 Å². The van der Waals surface area contributed by atoms with Crippen molar-refractivity contribution in [3.63, 3.8) is 0 Å². The molecule has 0 unspecified atom stereocenters. The molecule has 0 aliphatic heterocycles. The molecule has 18 heavy (non-hydrogen) atoms. The van der Waals surface area contributed by atoms with Crippen LogP contribution in [0.4, 0.5) is 0 Å². The normalized spacial score (nSPS) is 10.9. The molecule has 5 heteroatoms. The molecule has 0 spiro atoms. The van der Waals surface area contributed by atoms with Crippen molar-refractivity contribution in [1.29, 1.82) is 0 Å². The van der Waals surface area contributed by atoms with Gasteiger partial charge in [0.25, 0.3) is 0 Å². The third-order valence-corrected chi connectivity index (χ3v) is 3.05. The van der Waals surface area contributed by atoms with Gasteiger partial charge in [-0.25, -0.2) is 4.98 Å². The quantitative estimate of drug-likeness (QED) is 0.654. The van der Waals surface area contributed by atoms with Crippen LogP contribution in [-0.2, 0) is 13.6 Å². The van der Waals surface area contributed by atoms with Crippen molar-refractivity contribution in [3.05, 3.63) is 48.2 Å². The van der Waals surface area contributed by atoms with Crippen molar-refractivity contribution in [2.75, 3.05) is 0 Å². The molecule has 0 bridgehead atoms. The Morgan fingerprint density at radius 1 is 1.33 bits per heavy atom. The molecule has 3 rings (SSSR count). The van der Waals surface area contributed by atoms with Gasteiger partial charge >= 0.3 is 0 Å². The van der Waals surface area contributed by atoms with Crippen LogP contribution in [0.15, 0.2) is 36.8 Å². The minimum atomic E-state index is 0.667. The van der Waals surface area contributed by atoms with Crippen LogP contribution in [0.25, 0.3) is 10.9 Å². The van der Waals surface area contributed by atoms with E-state index in [1.54, 1.807) is 11.0 Å². The smallest absolute Gasteiger partial charge is 0.150 e. The number of rotatable bonds is 3. The predicted molar refractivity (Wildman–Crippen MR) is 67.4 cm³/mol. The summed E-state index contributed by atoms with van der Waals surface area (Å²) in [5, 5.41) is 5.11. The number of fused-ring (bicyclic) bond motifs is 1. The van der Waals surface area contributed by atoms with Crippen LogP contribution >= 0.6 is 0 Å². The molecule has 0 fully saturated rings. The minimum absolute atomic E-state index is 0.667. The molecular formula is C13H12N4O. The van der Waals surface area contributed by atoms with Crippen LogP contribution in [0.5, 0.6) is 0 Å². The average Bonchev–Trinajstić information content (AvgIpc) is 2.97. The summed E-state index contributed by atoms with van der Waals surface area (Å²) < 4.78 is 3.85. The molecule has 1 aromatic carbocycles. The van der Waals surface area contributed by atoms with Crippen LogP contribution in [0, 0.1) is 0 Å². The van der Waals surface area contributed by atoms with Crippen molar-refractivity contribution in [3.8, 4) is 0 Å². The Bertz CT molecular complexity index is 711. The summed E-state index contributed by atoms with van der Waals surface area (Å²) >= 11 is 0. The van der Waals surface area contributed by atoms with E-state index in [9.17, 15) is 4.79 Å². The Labute approximate surface area is 104 Å². The maximum atomic E-state index is 10.7. The summed E-state index contributed by atoms with van der Waals surface area (Å²) in [6.45, 7) is 0.667. The molecule has 0 amide bonds. The van der Waals surface area contributed by atoms with Gasteiger partial charge in [0.2, 0.25) is 0 Å². The van der Waals surface area contributed by atoms with Crippen molar-refractivity contribution in [1.82, 2.24) is 19.3 Å². The number of hydrogen-bond acceptors (Lipinski definition) is 3. The highest BCUT2D eigenvalue weighted by molar-refractivity contribution is 5.87. The molecule has 0 N–H and O–H groups in total. The summed E-state index contributed by atoms with van der Waals surface area (Å²) in [5.74, 6) is 0.895. The van der Waals surface area contributed by atoms with Gasteiger partial charge in [0.05, 0.1) is 6.54 Å². The molecule has 0 aliphatic carbocycles. The zero-order valence-electron chi connectivity index (χ0n) is 9.95. The molecule has 0 atom stereocenters. The second-order valence-electron chi connectivity index (χ2n) is 4.18. The molecule has 2 aromatic heterocycles. The van der Waals surface area contributed by atoms with E-state index in [4.69, 9.17) is 0 Å². The fourth-order valence-electron chi connectivity index (χ4n) is 2.05. The first-order chi connectivity index (χ1) is 8.78. The molecule has 3 aromatic rings. The summed E-state index contributed by atoms with van der Waals surface area (Å²) in [4.78, 5) is 14.9. The maximum absolute atomic E-state index is 10.7. The van der Waals surface area contributed by atoms with Gasteiger partial charge in [0, 0.05) is 29.7 Å². The van der Waals surface area contributed by atoms with Gasteiger partial charge in [-0.15, -0.1) is 0 Å². The average molecular weight is 240 g/mol. The Morgan fingerprint density at radius 2 is 2.22 bits per heavy atom. The number of aldehydes is 1. The maximum Gasteiger partial charge on any atom is 0.150 e. The van der Waals surface area contributed by atoms with Crippen molar-refractivity contribution >= 4 is 17.2 Å². The zero-order chi connectivity index (χ0) is 12.5. The molecule has 0 saturated carbocycles. The highest BCUT2D eigenvalue weighted by Gasteiger charge is 2.05. The fourth-order valence-corrected chi connectivity index (χ4v) is 2.05. The van der Waals surface area contributed by atoms with E-state index in [1.165, 1.54) is 0 Å². The number of benzene rings is 1. The standard InChI is InChI=1S/C13H12N4O/c1-16-13(14-9-15-16)7-17-5-4-11-6-10(8-18)2-3-12(11)17/h2-6,8-9H,7H2,1H3. The second-order valence-corrected chi connectivity index (χ2v) is 4.18. The summed E-state index contributed by atoms with van der Waals surface area (Å²) in [6, 6.07) is 7.66. The predicted octanol–water partition coefficient (Wildman–Crippen LogP) is 1.63. The van der Waals surface area contributed by atoms with Gasteiger partial charge in [-0.1, -0.05) is 0 Å². The first kappa shape index (κ1) is 10.7. The number of aryl methyl sites for hydroxylation is 1. The van der Waals surface area contributed by atoms with E-state index in [0.717, 1.165) is 23.0 Å². The van der Waals surface area contributed by atoms with E-state index in [-0.39, 0.29) is 0 Å². The Kier molecular flexibility index (Phi) is 2.44. The molecule has 5 nitrogen and oxygen atoms in total. The van der Waals surface area contributed by atoms with Crippen molar-refractivity contribution in [2.24, 2.45) is 7.05 Å². The number of hydrogen-bond donors (Lipinski definition) is 0. The highest BCUT2D eigenvalue weighted by atomic mass is 16.1. The van der Waals surface area contributed by atoms with E-state index in [1.807, 2.05) is 37.5 Å². The molecular weight excluding hydrogens is 228 g/mol. The third-order valence-electron chi connectivity index (χ3n) is 3.05. The van der Waals surface area contributed by atoms with Gasteiger partial charge < -0.3 is 4.57 Å². The Morgan fingerprint density at radius 3 is 2.94 bits per heavy atom. The summed E-state index contributed by atoms with van der Waals surface area (Å²) in [5.41, 5.74) is 1.78. The fraction of sp³-hybridized carbons (Fsp3) is 0.154. The second kappa shape index (κ2) is 4.10. The van der Waals surface area contributed by atoms with E-state index in [0.29, 0.717) is 12.1 Å². The van der Waals surface area contributed by atoms with Crippen molar-refractivity contribution in [2.45, 2.75) is 6.54 Å². The molecule has 0 radical (unpaired) electrons. The van der Waals surface area contributed by atoms with Crippen LogP contribution in [-0.4, -0.2) is 25.6 Å². The topological polar surface area (TPSA) is 52.7 Å². The molecule has 0 aliphatic rings. The van der Waals surface area contributed by atoms with Crippen LogP contribution in [0.2, 0.25) is 0 Å². The third kappa shape index (κ3) is 1.69. The van der Waals surface area contributed by atoms with Gasteiger partial charge in [-0.2, -0.15) is 5.10 Å². The van der Waals surface area contributed by atoms with Gasteiger partial charge in [-0.3, -0.25) is 9.48 Å². The molecule has 2 heterocycles. The highest BCUT2D eigenvalue weighted by Crippen LogP contribution is 2.17. The first-order valence-corrected chi connectivity index (χ1v) is 5.65. The SMILES string of the molecule is Cn1ncnc1Cn1ccc2cc(C=O)ccc21. The monoisotopic (exact) mass is 240 g/mol. The molecule has 90 valence electrons. The van der Waals surface area contributed by atoms with Crippen LogP contribution < -0.4 is 0 Å². The van der Waals surface area contributed by atoms with E-state index in [2.05, 4.69) is 14.6 Å². The summed E-state index contributed by atoms with van der Waals surface area (Å²) in [6.07, 6.45) is 4.40. The number of nitrogens with zero attached hydrogens (tertiary/aromatic N) is 4. The Hall–Kier alpha value is -2.43. The minimum Gasteiger partial charge on any atom is -0.340 e. The van der Waals surface area contributed by atoms with E-state index < -0.39 is 0 Å². The number of carbonyl (C=O) groups excluding carboxylic acids is 1. The van der Waals surface area contributed by atoms with Gasteiger partial charge in [0.1, 0.15) is 18.4 Å². The lowest BCUT2D eigenvalue weighted by Crippen LogP contribution is -2.05. The van der Waals surface area contributed by atoms with Gasteiger partial charge in [-0.05, 0) is 24.3 Å². The molecule has 0 saturated heterocycles. The first-order valence-electron chi connectivity index (χ1n) is 5.65. The zero-order valence-corrected chi connectivity index (χ0v) is 9.95. The lowest BCUT2D eigenvalue weighted by Gasteiger charge is -2.04. The Balaban J connectivity index is 2.03. The summed E-state index contributed by atoms with van der Waals surface area (Å²) in [7, 11) is 1.87. The van der Waals surface area contributed by atoms with Crippen LogP contribution in [0.1, 0.15) is 16.2 Å². The largest absolute Gasteiger partial charge is 0.340 e. The number of carbonyl (C=O) groups is 1. The van der Waals surface area contributed by atoms with Gasteiger partial charge in [0.15, 0.2) is 0 Å². The number of aromatic nitrogens is 4. The van der Waals surface area contributed by atoms with Crippen LogP contribution in [0.3, 0.4) is 0 Å². The van der Waals surface area contributed by atoms with E-state index >= 15 is 0 Å².